The van der Waals surface area contributed by atoms with Gasteiger partial charge in [-0.1, -0.05) is 31.1 Å². The SMILES string of the molecule is Cc1onc(-c2cccnc2)c1C(=O)Nc1ccc(C(C)C)cc1. The lowest BCUT2D eigenvalue weighted by Gasteiger charge is -2.08. The highest BCUT2D eigenvalue weighted by atomic mass is 16.5. The molecule has 0 bridgehead atoms. The quantitative estimate of drug-likeness (QED) is 0.772. The van der Waals surface area contributed by atoms with Gasteiger partial charge in [0.05, 0.1) is 0 Å². The van der Waals surface area contributed by atoms with Gasteiger partial charge in [-0.2, -0.15) is 0 Å². The standard InChI is InChI=1S/C19H19N3O2/c1-12(2)14-6-8-16(9-7-14)21-19(23)17-13(3)24-22-18(17)15-5-4-10-20-11-15/h4-12H,1-3H3,(H,21,23). The number of carbonyl (C=O) groups excluding carboxylic acids is 1. The van der Waals surface area contributed by atoms with E-state index < -0.39 is 0 Å². The van der Waals surface area contributed by atoms with Crippen LogP contribution in [-0.4, -0.2) is 16.0 Å². The van der Waals surface area contributed by atoms with Crippen molar-refractivity contribution >= 4 is 11.6 Å². The number of anilines is 1. The van der Waals surface area contributed by atoms with Crippen LogP contribution in [0.15, 0.2) is 53.3 Å². The van der Waals surface area contributed by atoms with Crippen LogP contribution in [0.3, 0.4) is 0 Å². The molecule has 3 aromatic rings. The Bertz CT molecular complexity index is 837. The van der Waals surface area contributed by atoms with Crippen molar-refractivity contribution in [1.29, 1.82) is 0 Å². The summed E-state index contributed by atoms with van der Waals surface area (Å²) in [6.45, 7) is 5.99. The summed E-state index contributed by atoms with van der Waals surface area (Å²) in [4.78, 5) is 16.7. The molecule has 5 nitrogen and oxygen atoms in total. The van der Waals surface area contributed by atoms with Gasteiger partial charge in [0.15, 0.2) is 0 Å². The molecule has 0 fully saturated rings. The Hall–Kier alpha value is -2.95. The van der Waals surface area contributed by atoms with Crippen molar-refractivity contribution in [2.45, 2.75) is 26.7 Å². The van der Waals surface area contributed by atoms with E-state index in [1.54, 1.807) is 25.4 Å². The topological polar surface area (TPSA) is 68.0 Å². The smallest absolute Gasteiger partial charge is 0.261 e. The molecule has 0 aliphatic heterocycles. The number of pyridine rings is 1. The Labute approximate surface area is 140 Å². The molecule has 3 rings (SSSR count). The average molecular weight is 321 g/mol. The van der Waals surface area contributed by atoms with E-state index in [1.165, 1.54) is 5.56 Å². The summed E-state index contributed by atoms with van der Waals surface area (Å²) >= 11 is 0. The molecule has 0 aliphatic carbocycles. The zero-order valence-corrected chi connectivity index (χ0v) is 13.9. The molecule has 0 radical (unpaired) electrons. The lowest BCUT2D eigenvalue weighted by molar-refractivity contribution is 0.102. The van der Waals surface area contributed by atoms with Crippen LogP contribution in [0.2, 0.25) is 0 Å². The van der Waals surface area contributed by atoms with E-state index in [4.69, 9.17) is 4.52 Å². The number of rotatable bonds is 4. The number of aromatic nitrogens is 2. The fourth-order valence-electron chi connectivity index (χ4n) is 2.48. The molecule has 1 N–H and O–H groups in total. The van der Waals surface area contributed by atoms with E-state index in [9.17, 15) is 4.79 Å². The predicted octanol–water partition coefficient (Wildman–Crippen LogP) is 4.42. The largest absolute Gasteiger partial charge is 0.360 e. The first-order valence-electron chi connectivity index (χ1n) is 7.84. The van der Waals surface area contributed by atoms with E-state index in [0.29, 0.717) is 22.9 Å². The molecule has 0 aliphatic rings. The molecule has 1 amide bonds. The van der Waals surface area contributed by atoms with Crippen molar-refractivity contribution in [1.82, 2.24) is 10.1 Å². The highest BCUT2D eigenvalue weighted by Crippen LogP contribution is 2.26. The van der Waals surface area contributed by atoms with Crippen molar-refractivity contribution in [2.24, 2.45) is 0 Å². The number of aryl methyl sites for hydroxylation is 1. The Morgan fingerprint density at radius 3 is 2.54 bits per heavy atom. The van der Waals surface area contributed by atoms with E-state index in [0.717, 1.165) is 11.3 Å². The van der Waals surface area contributed by atoms with Gasteiger partial charge in [0.1, 0.15) is 17.0 Å². The summed E-state index contributed by atoms with van der Waals surface area (Å²) in [5.41, 5.74) is 3.63. The molecule has 0 saturated heterocycles. The highest BCUT2D eigenvalue weighted by Gasteiger charge is 2.21. The molecule has 0 saturated carbocycles. The second kappa shape index (κ2) is 6.66. The molecule has 0 atom stereocenters. The van der Waals surface area contributed by atoms with Gasteiger partial charge < -0.3 is 9.84 Å². The van der Waals surface area contributed by atoms with Crippen molar-refractivity contribution in [3.8, 4) is 11.3 Å². The molecule has 0 unspecified atom stereocenters. The molecule has 122 valence electrons. The van der Waals surface area contributed by atoms with Crippen LogP contribution in [-0.2, 0) is 0 Å². The summed E-state index contributed by atoms with van der Waals surface area (Å²) in [5, 5.41) is 6.91. The van der Waals surface area contributed by atoms with Gasteiger partial charge in [-0.3, -0.25) is 9.78 Å². The number of benzene rings is 1. The minimum Gasteiger partial charge on any atom is -0.360 e. The van der Waals surface area contributed by atoms with Gasteiger partial charge in [-0.05, 0) is 42.7 Å². The highest BCUT2D eigenvalue weighted by molar-refractivity contribution is 6.08. The molecular weight excluding hydrogens is 302 g/mol. The van der Waals surface area contributed by atoms with E-state index in [-0.39, 0.29) is 5.91 Å². The fraction of sp³-hybridized carbons (Fsp3) is 0.211. The Morgan fingerprint density at radius 1 is 1.17 bits per heavy atom. The molecule has 2 aromatic heterocycles. The van der Waals surface area contributed by atoms with Gasteiger partial charge >= 0.3 is 0 Å². The normalized spacial score (nSPS) is 10.8. The maximum absolute atomic E-state index is 12.7. The van der Waals surface area contributed by atoms with Crippen LogP contribution < -0.4 is 5.32 Å². The summed E-state index contributed by atoms with van der Waals surface area (Å²) in [6.07, 6.45) is 3.33. The minimum atomic E-state index is -0.245. The monoisotopic (exact) mass is 321 g/mol. The van der Waals surface area contributed by atoms with E-state index >= 15 is 0 Å². The maximum atomic E-state index is 12.7. The lowest BCUT2D eigenvalue weighted by atomic mass is 10.0. The Kier molecular flexibility index (Phi) is 4.42. The third-order valence-electron chi connectivity index (χ3n) is 3.86. The maximum Gasteiger partial charge on any atom is 0.261 e. The number of nitrogens with one attached hydrogen (secondary N) is 1. The molecule has 2 heterocycles. The van der Waals surface area contributed by atoms with Crippen LogP contribution in [0.4, 0.5) is 5.69 Å². The molecule has 24 heavy (non-hydrogen) atoms. The van der Waals surface area contributed by atoms with Crippen LogP contribution >= 0.6 is 0 Å². The lowest BCUT2D eigenvalue weighted by Crippen LogP contribution is -2.13. The summed E-state index contributed by atoms with van der Waals surface area (Å²) < 4.78 is 5.22. The molecule has 5 heteroatoms. The minimum absolute atomic E-state index is 0.245. The van der Waals surface area contributed by atoms with Crippen molar-refractivity contribution in [3.63, 3.8) is 0 Å². The predicted molar refractivity (Wildman–Crippen MR) is 93.0 cm³/mol. The second-order valence-corrected chi connectivity index (χ2v) is 5.93. The van der Waals surface area contributed by atoms with E-state index in [2.05, 4.69) is 29.3 Å². The fourth-order valence-corrected chi connectivity index (χ4v) is 2.48. The van der Waals surface area contributed by atoms with E-state index in [1.807, 2.05) is 30.3 Å². The third kappa shape index (κ3) is 3.20. The van der Waals surface area contributed by atoms with Crippen LogP contribution in [0.1, 0.15) is 41.4 Å². The average Bonchev–Trinajstić information content (AvgIpc) is 2.98. The Balaban J connectivity index is 1.87. The van der Waals surface area contributed by atoms with Crippen molar-refractivity contribution in [2.75, 3.05) is 5.32 Å². The molecular formula is C19H19N3O2. The number of hydrogen-bond acceptors (Lipinski definition) is 4. The number of hydrogen-bond donors (Lipinski definition) is 1. The van der Waals surface area contributed by atoms with Crippen molar-refractivity contribution < 1.29 is 9.32 Å². The van der Waals surface area contributed by atoms with Crippen molar-refractivity contribution in [3.05, 3.63) is 65.7 Å². The summed E-state index contributed by atoms with van der Waals surface area (Å²) in [5.74, 6) is 0.683. The zero-order valence-electron chi connectivity index (χ0n) is 13.9. The first-order valence-corrected chi connectivity index (χ1v) is 7.84. The number of carbonyl (C=O) groups is 1. The van der Waals surface area contributed by atoms with Crippen LogP contribution in [0, 0.1) is 6.92 Å². The van der Waals surface area contributed by atoms with Gasteiger partial charge in [0, 0.05) is 23.6 Å². The van der Waals surface area contributed by atoms with Gasteiger partial charge in [-0.15, -0.1) is 0 Å². The Morgan fingerprint density at radius 2 is 1.92 bits per heavy atom. The summed E-state index contributed by atoms with van der Waals surface area (Å²) in [6, 6.07) is 11.5. The van der Waals surface area contributed by atoms with Crippen LogP contribution in [0.5, 0.6) is 0 Å². The first-order chi connectivity index (χ1) is 11.6. The zero-order chi connectivity index (χ0) is 17.1. The summed E-state index contributed by atoms with van der Waals surface area (Å²) in [7, 11) is 0. The first kappa shape index (κ1) is 15.9. The third-order valence-corrected chi connectivity index (χ3v) is 3.86. The van der Waals surface area contributed by atoms with Gasteiger partial charge in [0.2, 0.25) is 0 Å². The molecule has 1 aromatic carbocycles. The second-order valence-electron chi connectivity index (χ2n) is 5.93. The van der Waals surface area contributed by atoms with Gasteiger partial charge in [-0.25, -0.2) is 0 Å². The van der Waals surface area contributed by atoms with Crippen LogP contribution in [0.25, 0.3) is 11.3 Å². The molecule has 0 spiro atoms. The van der Waals surface area contributed by atoms with Gasteiger partial charge in [0.25, 0.3) is 5.91 Å². The number of nitrogens with zero attached hydrogens (tertiary/aromatic N) is 2. The number of amides is 1.